The highest BCUT2D eigenvalue weighted by molar-refractivity contribution is 7.90. The van der Waals surface area contributed by atoms with Gasteiger partial charge in [0.2, 0.25) is 5.91 Å². The van der Waals surface area contributed by atoms with E-state index >= 15 is 0 Å². The summed E-state index contributed by atoms with van der Waals surface area (Å²) in [6, 6.07) is 6.10. The summed E-state index contributed by atoms with van der Waals surface area (Å²) in [5.74, 6) is 0.0400. The Morgan fingerprint density at radius 3 is 2.44 bits per heavy atom. The number of nitrogens with zero attached hydrogens (tertiary/aromatic N) is 2. The van der Waals surface area contributed by atoms with Gasteiger partial charge in [-0.25, -0.2) is 23.1 Å². The summed E-state index contributed by atoms with van der Waals surface area (Å²) in [6.45, 7) is 5.21. The van der Waals surface area contributed by atoms with Crippen LogP contribution in [0, 0.1) is 13.8 Å². The first-order chi connectivity index (χ1) is 11.8. The summed E-state index contributed by atoms with van der Waals surface area (Å²) in [5, 5.41) is 4.15. The van der Waals surface area contributed by atoms with E-state index in [2.05, 4.69) is 15.3 Å². The molecule has 130 valence electrons. The molecule has 0 bridgehead atoms. The van der Waals surface area contributed by atoms with Gasteiger partial charge in [-0.3, -0.25) is 4.79 Å². The Labute approximate surface area is 149 Å². The molecule has 0 saturated heterocycles. The Hall–Kier alpha value is -2.52. The van der Waals surface area contributed by atoms with Gasteiger partial charge in [-0.2, -0.15) is 0 Å². The van der Waals surface area contributed by atoms with Crippen LogP contribution < -0.4 is 10.0 Å². The number of aryl methyl sites for hydroxylation is 2. The fourth-order valence-corrected chi connectivity index (χ4v) is 4.37. The second-order valence-electron chi connectivity index (χ2n) is 5.50. The van der Waals surface area contributed by atoms with E-state index in [1.54, 1.807) is 23.5 Å². The molecule has 0 radical (unpaired) electrons. The normalized spacial score (nSPS) is 11.5. The maximum absolute atomic E-state index is 12.0. The monoisotopic (exact) mass is 376 g/mol. The number of carbonyl (C=O) groups is 1. The number of rotatable bonds is 4. The largest absolute Gasteiger partial charge is 0.340 e. The predicted octanol–water partition coefficient (Wildman–Crippen LogP) is 2.88. The Morgan fingerprint density at radius 2 is 1.80 bits per heavy atom. The SMILES string of the molecule is CC(=O)NS(=O)(=O)c1ccc(Nc2ncnc3sc(C)c(C)c23)cc1. The molecule has 0 atom stereocenters. The molecule has 0 aliphatic carbocycles. The number of anilines is 2. The van der Waals surface area contributed by atoms with E-state index in [0.717, 1.165) is 22.7 Å². The van der Waals surface area contributed by atoms with Crippen LogP contribution in [0.15, 0.2) is 35.5 Å². The van der Waals surface area contributed by atoms with Crippen molar-refractivity contribution in [2.24, 2.45) is 0 Å². The number of hydrogen-bond acceptors (Lipinski definition) is 7. The number of nitrogens with one attached hydrogen (secondary N) is 2. The number of benzene rings is 1. The van der Waals surface area contributed by atoms with Crippen LogP contribution >= 0.6 is 11.3 Å². The van der Waals surface area contributed by atoms with Gasteiger partial charge in [0.25, 0.3) is 10.0 Å². The number of amides is 1. The number of thiophene rings is 1. The van der Waals surface area contributed by atoms with Gasteiger partial charge >= 0.3 is 0 Å². The molecule has 9 heteroatoms. The van der Waals surface area contributed by atoms with Crippen LogP contribution in [0.2, 0.25) is 0 Å². The topological polar surface area (TPSA) is 101 Å². The van der Waals surface area contributed by atoms with E-state index < -0.39 is 15.9 Å². The molecule has 0 aliphatic heterocycles. The van der Waals surface area contributed by atoms with Crippen LogP contribution in [0.3, 0.4) is 0 Å². The van der Waals surface area contributed by atoms with Gasteiger partial charge in [-0.1, -0.05) is 0 Å². The number of sulfonamides is 1. The Balaban J connectivity index is 1.91. The van der Waals surface area contributed by atoms with Crippen molar-refractivity contribution in [1.82, 2.24) is 14.7 Å². The fourth-order valence-electron chi connectivity index (χ4n) is 2.38. The highest BCUT2D eigenvalue weighted by Gasteiger charge is 2.16. The Morgan fingerprint density at radius 1 is 1.12 bits per heavy atom. The lowest BCUT2D eigenvalue weighted by molar-refractivity contribution is -0.117. The van der Waals surface area contributed by atoms with Crippen LogP contribution in [-0.2, 0) is 14.8 Å². The fraction of sp³-hybridized carbons (Fsp3) is 0.188. The maximum Gasteiger partial charge on any atom is 0.264 e. The van der Waals surface area contributed by atoms with E-state index in [1.165, 1.54) is 23.3 Å². The quantitative estimate of drug-likeness (QED) is 0.726. The molecular weight excluding hydrogens is 360 g/mol. The van der Waals surface area contributed by atoms with Gasteiger partial charge in [0.05, 0.1) is 10.3 Å². The molecule has 7 nitrogen and oxygen atoms in total. The van der Waals surface area contributed by atoms with Crippen molar-refractivity contribution in [3.63, 3.8) is 0 Å². The van der Waals surface area contributed by atoms with E-state index in [4.69, 9.17) is 0 Å². The average molecular weight is 376 g/mol. The molecule has 25 heavy (non-hydrogen) atoms. The van der Waals surface area contributed by atoms with E-state index in [-0.39, 0.29) is 4.90 Å². The minimum atomic E-state index is -3.84. The number of carbonyl (C=O) groups excluding carboxylic acids is 1. The number of fused-ring (bicyclic) bond motifs is 1. The molecule has 1 aromatic carbocycles. The van der Waals surface area contributed by atoms with Gasteiger partial charge in [-0.15, -0.1) is 11.3 Å². The van der Waals surface area contributed by atoms with Crippen molar-refractivity contribution in [2.75, 3.05) is 5.32 Å². The first-order valence-electron chi connectivity index (χ1n) is 7.39. The summed E-state index contributed by atoms with van der Waals surface area (Å²) in [6.07, 6.45) is 1.50. The third kappa shape index (κ3) is 3.47. The summed E-state index contributed by atoms with van der Waals surface area (Å²) < 4.78 is 25.9. The van der Waals surface area contributed by atoms with Gasteiger partial charge in [0.15, 0.2) is 0 Å². The average Bonchev–Trinajstić information content (AvgIpc) is 2.82. The third-order valence-electron chi connectivity index (χ3n) is 3.67. The molecule has 0 saturated carbocycles. The van der Waals surface area contributed by atoms with Gasteiger partial charge < -0.3 is 5.32 Å². The van der Waals surface area contributed by atoms with E-state index in [9.17, 15) is 13.2 Å². The Kier molecular flexibility index (Phi) is 4.44. The summed E-state index contributed by atoms with van der Waals surface area (Å²) >= 11 is 1.60. The minimum absolute atomic E-state index is 0.0173. The standard InChI is InChI=1S/C16H16N4O3S2/c1-9-10(2)24-16-14(9)15(17-8-18-16)19-12-4-6-13(7-5-12)25(22,23)20-11(3)21/h4-8H,1-3H3,(H,20,21)(H,17,18,19). The van der Waals surface area contributed by atoms with Gasteiger partial charge in [0, 0.05) is 17.5 Å². The first kappa shape index (κ1) is 17.3. The van der Waals surface area contributed by atoms with Crippen LogP contribution in [0.5, 0.6) is 0 Å². The van der Waals surface area contributed by atoms with Crippen molar-refractivity contribution in [1.29, 1.82) is 0 Å². The second-order valence-corrected chi connectivity index (χ2v) is 8.38. The molecule has 0 fully saturated rings. The molecule has 0 aliphatic rings. The highest BCUT2D eigenvalue weighted by atomic mass is 32.2. The second kappa shape index (κ2) is 6.41. The zero-order chi connectivity index (χ0) is 18.2. The molecular formula is C16H16N4O3S2. The van der Waals surface area contributed by atoms with E-state index in [1.807, 2.05) is 18.6 Å². The van der Waals surface area contributed by atoms with Crippen molar-refractivity contribution in [3.05, 3.63) is 41.0 Å². The molecule has 3 rings (SSSR count). The molecule has 0 spiro atoms. The van der Waals surface area contributed by atoms with Gasteiger partial charge in [0.1, 0.15) is 17.0 Å². The number of hydrogen-bond donors (Lipinski definition) is 2. The van der Waals surface area contributed by atoms with Gasteiger partial charge in [-0.05, 0) is 43.7 Å². The van der Waals surface area contributed by atoms with E-state index in [0.29, 0.717) is 11.5 Å². The third-order valence-corrected chi connectivity index (χ3v) is 6.24. The van der Waals surface area contributed by atoms with Crippen molar-refractivity contribution in [3.8, 4) is 0 Å². The summed E-state index contributed by atoms with van der Waals surface area (Å²) in [5.41, 5.74) is 1.80. The maximum atomic E-state index is 12.0. The molecule has 3 aromatic rings. The number of aromatic nitrogens is 2. The molecule has 2 aromatic heterocycles. The first-order valence-corrected chi connectivity index (χ1v) is 9.69. The molecule has 1 amide bonds. The smallest absolute Gasteiger partial charge is 0.264 e. The molecule has 2 heterocycles. The summed E-state index contributed by atoms with van der Waals surface area (Å²) in [7, 11) is -3.84. The van der Waals surface area contributed by atoms with Crippen LogP contribution in [0.4, 0.5) is 11.5 Å². The highest BCUT2D eigenvalue weighted by Crippen LogP contribution is 2.33. The lowest BCUT2D eigenvalue weighted by Crippen LogP contribution is -2.28. The van der Waals surface area contributed by atoms with Crippen molar-refractivity contribution < 1.29 is 13.2 Å². The molecule has 0 unspecified atom stereocenters. The lowest BCUT2D eigenvalue weighted by atomic mass is 10.2. The van der Waals surface area contributed by atoms with Crippen LogP contribution in [0.1, 0.15) is 17.4 Å². The predicted molar refractivity (Wildman–Crippen MR) is 97.6 cm³/mol. The molecule has 2 N–H and O–H groups in total. The lowest BCUT2D eigenvalue weighted by Gasteiger charge is -2.09. The zero-order valence-electron chi connectivity index (χ0n) is 13.8. The minimum Gasteiger partial charge on any atom is -0.340 e. The van der Waals surface area contributed by atoms with Crippen molar-refractivity contribution >= 4 is 49.0 Å². The van der Waals surface area contributed by atoms with Crippen LogP contribution in [-0.4, -0.2) is 24.3 Å². The zero-order valence-corrected chi connectivity index (χ0v) is 15.5. The van der Waals surface area contributed by atoms with Crippen molar-refractivity contribution in [2.45, 2.75) is 25.7 Å². The Bertz CT molecular complexity index is 1060. The van der Waals surface area contributed by atoms with Crippen LogP contribution in [0.25, 0.3) is 10.2 Å². The summed E-state index contributed by atoms with van der Waals surface area (Å²) in [4.78, 5) is 21.7.